The number of halogens is 3. The molecule has 0 aliphatic carbocycles. The number of aryl methyl sites for hydroxylation is 2. The summed E-state index contributed by atoms with van der Waals surface area (Å²) in [5.74, 6) is -1.75. The minimum absolute atomic E-state index is 0.000928. The van der Waals surface area contributed by atoms with Gasteiger partial charge in [-0.15, -0.1) is 0 Å². The molecule has 3 atom stereocenters. The zero-order valence-corrected chi connectivity index (χ0v) is 24.8. The van der Waals surface area contributed by atoms with Crippen molar-refractivity contribution in [3.63, 3.8) is 0 Å². The number of fused-ring (bicyclic) bond motifs is 2. The minimum atomic E-state index is -4.63. The second-order valence-electron chi connectivity index (χ2n) is 11.7. The van der Waals surface area contributed by atoms with Crippen molar-refractivity contribution in [3.8, 4) is 0 Å². The van der Waals surface area contributed by atoms with Gasteiger partial charge in [-0.05, 0) is 44.5 Å². The Labute approximate surface area is 248 Å². The van der Waals surface area contributed by atoms with Gasteiger partial charge >= 0.3 is 6.18 Å². The summed E-state index contributed by atoms with van der Waals surface area (Å²) in [6.07, 6.45) is -5.67. The maximum absolute atomic E-state index is 14.0. The fourth-order valence-corrected chi connectivity index (χ4v) is 6.42. The Morgan fingerprint density at radius 3 is 2.44 bits per heavy atom. The molecule has 232 valence electrons. The molecule has 10 nitrogen and oxygen atoms in total. The normalized spacial score (nSPS) is 22.3. The zero-order chi connectivity index (χ0) is 31.2. The molecule has 2 fully saturated rings. The van der Waals surface area contributed by atoms with Crippen LogP contribution in [0.15, 0.2) is 30.3 Å². The summed E-state index contributed by atoms with van der Waals surface area (Å²) < 4.78 is 41.0. The van der Waals surface area contributed by atoms with Gasteiger partial charge < -0.3 is 19.8 Å². The largest absolute Gasteiger partial charge is 0.416 e. The van der Waals surface area contributed by atoms with Crippen LogP contribution in [-0.4, -0.2) is 103 Å². The summed E-state index contributed by atoms with van der Waals surface area (Å²) >= 11 is 0. The summed E-state index contributed by atoms with van der Waals surface area (Å²) in [5, 5.41) is 9.65. The summed E-state index contributed by atoms with van der Waals surface area (Å²) in [7, 11) is 1.63. The number of aromatic nitrogens is 1. The van der Waals surface area contributed by atoms with Crippen molar-refractivity contribution in [2.24, 2.45) is 5.92 Å². The molecule has 5 rings (SSSR count). The van der Waals surface area contributed by atoms with E-state index in [0.717, 1.165) is 28.3 Å². The highest BCUT2D eigenvalue weighted by molar-refractivity contribution is 6.10. The van der Waals surface area contributed by atoms with Crippen molar-refractivity contribution in [2.75, 3.05) is 67.6 Å². The third-order valence-electron chi connectivity index (χ3n) is 8.60. The lowest BCUT2D eigenvalue weighted by Gasteiger charge is -2.41. The van der Waals surface area contributed by atoms with Crippen molar-refractivity contribution >= 4 is 34.9 Å². The van der Waals surface area contributed by atoms with E-state index in [1.54, 1.807) is 11.9 Å². The number of carbonyl (C=O) groups is 3. The Morgan fingerprint density at radius 2 is 1.79 bits per heavy atom. The molecule has 0 saturated carbocycles. The van der Waals surface area contributed by atoms with Gasteiger partial charge in [0, 0.05) is 70.9 Å². The lowest BCUT2D eigenvalue weighted by molar-refractivity contribution is -0.141. The molecule has 0 spiro atoms. The van der Waals surface area contributed by atoms with E-state index >= 15 is 0 Å². The molecular formula is C30H37F3N6O4. The van der Waals surface area contributed by atoms with Crippen LogP contribution < -0.4 is 14.7 Å². The van der Waals surface area contributed by atoms with E-state index in [2.05, 4.69) is 14.8 Å². The van der Waals surface area contributed by atoms with E-state index in [9.17, 15) is 32.7 Å². The van der Waals surface area contributed by atoms with Crippen LogP contribution in [0.25, 0.3) is 0 Å². The van der Waals surface area contributed by atoms with E-state index in [1.165, 1.54) is 18.7 Å². The number of amides is 3. The first kappa shape index (κ1) is 30.7. The SMILES string of the molecule is Cc1cc(C(F)(F)F)cc(N2C(=O)C[C@@H]3CN(CCN4CCN(C(=O)[C@H](C)O)CC4)c4c(C)cccc4N(C)C(=O)[C@H]32)n1. The zero-order valence-electron chi connectivity index (χ0n) is 24.8. The highest BCUT2D eigenvalue weighted by Gasteiger charge is 2.49. The number of benzene rings is 1. The first-order valence-corrected chi connectivity index (χ1v) is 14.5. The highest BCUT2D eigenvalue weighted by Crippen LogP contribution is 2.41. The molecule has 3 aliphatic heterocycles. The average Bonchev–Trinajstić information content (AvgIpc) is 3.28. The van der Waals surface area contributed by atoms with Gasteiger partial charge in [-0.3, -0.25) is 24.2 Å². The molecule has 1 N–H and O–H groups in total. The number of piperazine rings is 1. The molecule has 2 saturated heterocycles. The molecule has 0 bridgehead atoms. The second-order valence-corrected chi connectivity index (χ2v) is 11.7. The fourth-order valence-electron chi connectivity index (χ4n) is 6.42. The molecule has 13 heteroatoms. The van der Waals surface area contributed by atoms with Gasteiger partial charge in [0.2, 0.25) is 11.8 Å². The van der Waals surface area contributed by atoms with Crippen molar-refractivity contribution in [1.29, 1.82) is 0 Å². The molecule has 3 aliphatic rings. The minimum Gasteiger partial charge on any atom is -0.384 e. The number of hydrogen-bond acceptors (Lipinski definition) is 7. The quantitative estimate of drug-likeness (QED) is 0.562. The molecule has 1 aromatic heterocycles. The number of carbonyl (C=O) groups excluding carboxylic acids is 3. The Morgan fingerprint density at radius 1 is 1.09 bits per heavy atom. The molecule has 3 amide bonds. The lowest BCUT2D eigenvalue weighted by atomic mass is 9.95. The smallest absolute Gasteiger partial charge is 0.384 e. The number of rotatable bonds is 5. The number of para-hydroxylation sites is 1. The standard InChI is InChI=1S/C30H37F3N6O4/c1-18-6-5-7-23-26(18)38(13-10-36-8-11-37(12-9-36)28(42)20(3)40)17-21-15-25(41)39(27(21)29(43)35(23)4)24-16-22(30(31,32)33)14-19(2)34-24/h5-7,14,16,20-21,27,40H,8-13,15,17H2,1-4H3/t20-,21+,27-/m0/s1. The van der Waals surface area contributed by atoms with Crippen LogP contribution in [0.3, 0.4) is 0 Å². The van der Waals surface area contributed by atoms with Crippen LogP contribution in [-0.2, 0) is 20.6 Å². The predicted octanol–water partition coefficient (Wildman–Crippen LogP) is 2.45. The van der Waals surface area contributed by atoms with Crippen molar-refractivity contribution in [2.45, 2.75) is 45.5 Å². The maximum Gasteiger partial charge on any atom is 0.416 e. The number of likely N-dealkylation sites (N-methyl/N-ethyl adjacent to an activating group) is 1. The Balaban J connectivity index is 1.44. The van der Waals surface area contributed by atoms with Crippen LogP contribution in [0.2, 0.25) is 0 Å². The van der Waals surface area contributed by atoms with Gasteiger partial charge in [0.1, 0.15) is 18.0 Å². The third-order valence-corrected chi connectivity index (χ3v) is 8.60. The number of alkyl halides is 3. The lowest BCUT2D eigenvalue weighted by Crippen LogP contribution is -2.54. The number of nitrogens with zero attached hydrogens (tertiary/aromatic N) is 6. The van der Waals surface area contributed by atoms with Crippen LogP contribution in [0, 0.1) is 19.8 Å². The molecule has 0 unspecified atom stereocenters. The number of hydrogen-bond donors (Lipinski definition) is 1. The van der Waals surface area contributed by atoms with Gasteiger partial charge in [-0.1, -0.05) is 12.1 Å². The van der Waals surface area contributed by atoms with E-state index in [4.69, 9.17) is 0 Å². The molecule has 2 aromatic rings. The Bertz CT molecular complexity index is 1410. The van der Waals surface area contributed by atoms with Gasteiger partial charge in [-0.2, -0.15) is 13.2 Å². The summed E-state index contributed by atoms with van der Waals surface area (Å²) in [4.78, 5) is 52.6. The van der Waals surface area contributed by atoms with Crippen LogP contribution in [0.1, 0.15) is 30.2 Å². The maximum atomic E-state index is 14.0. The summed E-state index contributed by atoms with van der Waals surface area (Å²) in [5.41, 5.74) is 1.67. The molecule has 0 radical (unpaired) electrons. The van der Waals surface area contributed by atoms with E-state index < -0.39 is 35.7 Å². The predicted molar refractivity (Wildman–Crippen MR) is 155 cm³/mol. The third kappa shape index (κ3) is 6.05. The number of anilines is 3. The van der Waals surface area contributed by atoms with Crippen molar-refractivity contribution in [3.05, 3.63) is 47.2 Å². The first-order chi connectivity index (χ1) is 20.3. The topological polar surface area (TPSA) is 101 Å². The number of pyridine rings is 1. The molecule has 1 aromatic carbocycles. The second kappa shape index (κ2) is 11.8. The van der Waals surface area contributed by atoms with E-state index in [1.807, 2.05) is 25.1 Å². The Kier molecular flexibility index (Phi) is 8.41. The van der Waals surface area contributed by atoms with Crippen LogP contribution in [0.5, 0.6) is 0 Å². The number of aliphatic hydroxyl groups is 1. The summed E-state index contributed by atoms with van der Waals surface area (Å²) in [6.45, 7) is 8.74. The van der Waals surface area contributed by atoms with Gasteiger partial charge in [0.05, 0.1) is 16.9 Å². The van der Waals surface area contributed by atoms with Gasteiger partial charge in [0.25, 0.3) is 5.91 Å². The molecule has 4 heterocycles. The summed E-state index contributed by atoms with van der Waals surface area (Å²) in [6, 6.07) is 6.40. The molecule has 43 heavy (non-hydrogen) atoms. The van der Waals surface area contributed by atoms with Crippen LogP contribution >= 0.6 is 0 Å². The fraction of sp³-hybridized carbons (Fsp3) is 0.533. The molecular weight excluding hydrogens is 565 g/mol. The van der Waals surface area contributed by atoms with Crippen molar-refractivity contribution in [1.82, 2.24) is 14.8 Å². The highest BCUT2D eigenvalue weighted by atomic mass is 19.4. The van der Waals surface area contributed by atoms with E-state index in [-0.39, 0.29) is 29.7 Å². The first-order valence-electron chi connectivity index (χ1n) is 14.5. The van der Waals surface area contributed by atoms with Gasteiger partial charge in [0.15, 0.2) is 0 Å². The van der Waals surface area contributed by atoms with E-state index in [0.29, 0.717) is 51.5 Å². The van der Waals surface area contributed by atoms with Crippen LogP contribution in [0.4, 0.5) is 30.4 Å². The average molecular weight is 603 g/mol. The van der Waals surface area contributed by atoms with Crippen molar-refractivity contribution < 1.29 is 32.7 Å². The Hall–Kier alpha value is -3.71. The van der Waals surface area contributed by atoms with Gasteiger partial charge in [-0.25, -0.2) is 4.98 Å². The number of aliphatic hydroxyl groups excluding tert-OH is 1. The monoisotopic (exact) mass is 602 g/mol.